The van der Waals surface area contributed by atoms with Gasteiger partial charge in [0, 0.05) is 0 Å². The van der Waals surface area contributed by atoms with E-state index in [0.29, 0.717) is 17.7 Å². The Bertz CT molecular complexity index is 808. The molecule has 28 heavy (non-hydrogen) atoms. The van der Waals surface area contributed by atoms with Crippen LogP contribution in [0.1, 0.15) is 43.0 Å². The number of carbonyl (C=O) groups excluding carboxylic acids is 4. The lowest BCUT2D eigenvalue weighted by atomic mass is 9.73. The SMILES string of the molecule is COc1ccccc1C(=O)COC(=O)CN1C(=O)N[C@@]2(CCCC[C@@H]2C)C1=O. The van der Waals surface area contributed by atoms with Gasteiger partial charge in [-0.1, -0.05) is 31.9 Å². The van der Waals surface area contributed by atoms with Crippen LogP contribution in [0.4, 0.5) is 4.79 Å². The van der Waals surface area contributed by atoms with E-state index >= 15 is 0 Å². The minimum atomic E-state index is -0.928. The lowest BCUT2D eigenvalue weighted by Crippen LogP contribution is -2.54. The van der Waals surface area contributed by atoms with Gasteiger partial charge in [0.25, 0.3) is 5.91 Å². The largest absolute Gasteiger partial charge is 0.496 e. The maximum Gasteiger partial charge on any atom is 0.326 e. The Hall–Kier alpha value is -2.90. The number of benzene rings is 1. The Labute approximate surface area is 163 Å². The van der Waals surface area contributed by atoms with Crippen molar-refractivity contribution in [2.45, 2.75) is 38.1 Å². The first kappa shape index (κ1) is 19.9. The average Bonchev–Trinajstić information content (AvgIpc) is 2.93. The van der Waals surface area contributed by atoms with E-state index in [1.54, 1.807) is 24.3 Å². The van der Waals surface area contributed by atoms with Gasteiger partial charge in [0.2, 0.25) is 5.78 Å². The summed E-state index contributed by atoms with van der Waals surface area (Å²) in [4.78, 5) is 50.4. The molecule has 8 heteroatoms. The first-order valence-corrected chi connectivity index (χ1v) is 9.35. The fraction of sp³-hybridized carbons (Fsp3) is 0.500. The van der Waals surface area contributed by atoms with E-state index in [4.69, 9.17) is 9.47 Å². The van der Waals surface area contributed by atoms with E-state index in [9.17, 15) is 19.2 Å². The quantitative estimate of drug-likeness (QED) is 0.454. The maximum atomic E-state index is 12.8. The van der Waals surface area contributed by atoms with Gasteiger partial charge in [0.1, 0.15) is 17.8 Å². The number of nitrogens with zero attached hydrogens (tertiary/aromatic N) is 1. The van der Waals surface area contributed by atoms with Crippen LogP contribution in [0.25, 0.3) is 0 Å². The van der Waals surface area contributed by atoms with Crippen molar-refractivity contribution in [2.75, 3.05) is 20.3 Å². The van der Waals surface area contributed by atoms with Crippen molar-refractivity contribution in [3.8, 4) is 5.75 Å². The minimum Gasteiger partial charge on any atom is -0.496 e. The number of hydrogen-bond donors (Lipinski definition) is 1. The summed E-state index contributed by atoms with van der Waals surface area (Å²) in [5.41, 5.74) is -0.634. The molecular weight excluding hydrogens is 364 g/mol. The molecule has 0 radical (unpaired) electrons. The van der Waals surface area contributed by atoms with Crippen molar-refractivity contribution >= 4 is 23.7 Å². The molecular formula is C20H24N2O6. The molecule has 1 aromatic carbocycles. The number of amides is 3. The lowest BCUT2D eigenvalue weighted by molar-refractivity contribution is -0.147. The highest BCUT2D eigenvalue weighted by atomic mass is 16.5. The monoisotopic (exact) mass is 388 g/mol. The molecule has 1 aromatic rings. The molecule has 1 saturated carbocycles. The number of carbonyl (C=O) groups is 4. The fourth-order valence-corrected chi connectivity index (χ4v) is 3.91. The van der Waals surface area contributed by atoms with E-state index in [1.807, 2.05) is 6.92 Å². The number of hydrogen-bond acceptors (Lipinski definition) is 6. The summed E-state index contributed by atoms with van der Waals surface area (Å²) < 4.78 is 10.1. The minimum absolute atomic E-state index is 0.00541. The second kappa shape index (κ2) is 8.00. The molecule has 2 aliphatic rings. The molecule has 0 bridgehead atoms. The van der Waals surface area contributed by atoms with Crippen LogP contribution in [0.5, 0.6) is 5.75 Å². The van der Waals surface area contributed by atoms with Crippen LogP contribution in [-0.4, -0.2) is 54.4 Å². The zero-order chi connectivity index (χ0) is 20.3. The second-order valence-electron chi connectivity index (χ2n) is 7.22. The molecule has 1 aliphatic heterocycles. The van der Waals surface area contributed by atoms with Gasteiger partial charge in [-0.15, -0.1) is 0 Å². The first-order valence-electron chi connectivity index (χ1n) is 9.35. The Kier molecular flexibility index (Phi) is 5.67. The summed E-state index contributed by atoms with van der Waals surface area (Å²) in [5, 5.41) is 2.78. The second-order valence-corrected chi connectivity index (χ2v) is 7.22. The summed E-state index contributed by atoms with van der Waals surface area (Å²) in [5.74, 6) is -1.25. The molecule has 3 rings (SSSR count). The average molecular weight is 388 g/mol. The lowest BCUT2D eigenvalue weighted by Gasteiger charge is -2.36. The van der Waals surface area contributed by atoms with Gasteiger partial charge in [0.15, 0.2) is 6.61 Å². The number of rotatable bonds is 6. The van der Waals surface area contributed by atoms with Gasteiger partial charge in [-0.2, -0.15) is 0 Å². The third-order valence-corrected chi connectivity index (χ3v) is 5.56. The van der Waals surface area contributed by atoms with E-state index in [-0.39, 0.29) is 5.92 Å². The molecule has 1 N–H and O–H groups in total. The Morgan fingerprint density at radius 2 is 2.00 bits per heavy atom. The number of ether oxygens (including phenoxy) is 2. The van der Waals surface area contributed by atoms with Gasteiger partial charge in [-0.25, -0.2) is 4.79 Å². The predicted molar refractivity (Wildman–Crippen MR) is 98.9 cm³/mol. The van der Waals surface area contributed by atoms with Crippen molar-refractivity contribution in [1.82, 2.24) is 10.2 Å². The van der Waals surface area contributed by atoms with Crippen LogP contribution < -0.4 is 10.1 Å². The number of para-hydroxylation sites is 1. The number of Topliss-reactive ketones (excluding diaryl/α,β-unsaturated/α-hetero) is 1. The highest BCUT2D eigenvalue weighted by Crippen LogP contribution is 2.38. The van der Waals surface area contributed by atoms with Crippen LogP contribution >= 0.6 is 0 Å². The van der Waals surface area contributed by atoms with Gasteiger partial charge >= 0.3 is 12.0 Å². The summed E-state index contributed by atoms with van der Waals surface area (Å²) in [7, 11) is 1.44. The van der Waals surface area contributed by atoms with Crippen molar-refractivity contribution in [2.24, 2.45) is 5.92 Å². The molecule has 2 fully saturated rings. The highest BCUT2D eigenvalue weighted by Gasteiger charge is 2.55. The van der Waals surface area contributed by atoms with Crippen LogP contribution in [0, 0.1) is 5.92 Å². The number of esters is 1. The van der Waals surface area contributed by atoms with Crippen LogP contribution in [0.15, 0.2) is 24.3 Å². The van der Waals surface area contributed by atoms with Crippen LogP contribution in [-0.2, 0) is 14.3 Å². The molecule has 150 valence electrons. The number of urea groups is 1. The molecule has 1 spiro atoms. The van der Waals surface area contributed by atoms with Crippen molar-refractivity contribution in [3.05, 3.63) is 29.8 Å². The van der Waals surface area contributed by atoms with Crippen LogP contribution in [0.3, 0.4) is 0 Å². The van der Waals surface area contributed by atoms with Gasteiger partial charge in [0.05, 0.1) is 12.7 Å². The molecule has 1 heterocycles. The molecule has 8 nitrogen and oxygen atoms in total. The summed E-state index contributed by atoms with van der Waals surface area (Å²) in [6.45, 7) is 0.924. The third kappa shape index (κ3) is 3.58. The topological polar surface area (TPSA) is 102 Å². The van der Waals surface area contributed by atoms with Gasteiger partial charge in [-0.3, -0.25) is 19.3 Å². The van der Waals surface area contributed by atoms with E-state index in [1.165, 1.54) is 7.11 Å². The first-order chi connectivity index (χ1) is 13.4. The summed E-state index contributed by atoms with van der Waals surface area (Å²) >= 11 is 0. The normalized spacial score (nSPS) is 24.2. The number of ketones is 1. The fourth-order valence-electron chi connectivity index (χ4n) is 3.91. The smallest absolute Gasteiger partial charge is 0.326 e. The summed E-state index contributed by atoms with van der Waals surface area (Å²) in [6, 6.07) is 6.01. The number of imide groups is 1. The molecule has 2 atom stereocenters. The molecule has 1 saturated heterocycles. The van der Waals surface area contributed by atoms with Crippen LogP contribution in [0.2, 0.25) is 0 Å². The molecule has 3 amide bonds. The third-order valence-electron chi connectivity index (χ3n) is 5.56. The number of methoxy groups -OCH3 is 1. The molecule has 0 aromatic heterocycles. The van der Waals surface area contributed by atoms with E-state index < -0.39 is 42.4 Å². The van der Waals surface area contributed by atoms with Crippen molar-refractivity contribution < 1.29 is 28.7 Å². The number of nitrogens with one attached hydrogen (secondary N) is 1. The van der Waals surface area contributed by atoms with Crippen molar-refractivity contribution in [1.29, 1.82) is 0 Å². The zero-order valence-electron chi connectivity index (χ0n) is 16.0. The highest BCUT2D eigenvalue weighted by molar-refractivity contribution is 6.09. The Morgan fingerprint density at radius 1 is 1.25 bits per heavy atom. The Balaban J connectivity index is 1.60. The van der Waals surface area contributed by atoms with Gasteiger partial charge in [-0.05, 0) is 30.9 Å². The summed E-state index contributed by atoms with van der Waals surface area (Å²) in [6.07, 6.45) is 3.27. The Morgan fingerprint density at radius 3 is 2.71 bits per heavy atom. The molecule has 0 unspecified atom stereocenters. The molecule has 1 aliphatic carbocycles. The van der Waals surface area contributed by atoms with Crippen molar-refractivity contribution in [3.63, 3.8) is 0 Å². The predicted octanol–water partition coefficient (Wildman–Crippen LogP) is 1.92. The van der Waals surface area contributed by atoms with E-state index in [0.717, 1.165) is 24.2 Å². The maximum absolute atomic E-state index is 12.8. The van der Waals surface area contributed by atoms with Gasteiger partial charge < -0.3 is 14.8 Å². The standard InChI is InChI=1S/C20H24N2O6/c1-13-7-5-6-10-20(13)18(25)22(19(26)21-20)11-17(24)28-12-15(23)14-8-3-4-9-16(14)27-2/h3-4,8-9,13H,5-7,10-12H2,1-2H3,(H,21,26)/t13-,20+/m0/s1. The zero-order valence-corrected chi connectivity index (χ0v) is 16.0. The van der Waals surface area contributed by atoms with E-state index in [2.05, 4.69) is 5.32 Å².